The van der Waals surface area contributed by atoms with Crippen molar-refractivity contribution in [1.29, 1.82) is 0 Å². The standard InChI is InChI=1S/C16H12N6/c1-3-7-13(8-4-1)16-17-19-20-22(16)15-11-12-21(18-15)14-9-5-2-6-10-14/h1-12H. The maximum absolute atomic E-state index is 4.55. The van der Waals surface area contributed by atoms with E-state index >= 15 is 0 Å². The predicted molar refractivity (Wildman–Crippen MR) is 81.7 cm³/mol. The molecule has 2 aromatic heterocycles. The lowest BCUT2D eigenvalue weighted by Crippen LogP contribution is -2.02. The fraction of sp³-hybridized carbons (Fsp3) is 0. The van der Waals surface area contributed by atoms with Crippen LogP contribution in [0.1, 0.15) is 0 Å². The van der Waals surface area contributed by atoms with E-state index in [1.165, 1.54) is 0 Å². The van der Waals surface area contributed by atoms with Crippen molar-refractivity contribution in [2.24, 2.45) is 0 Å². The van der Waals surface area contributed by atoms with Gasteiger partial charge < -0.3 is 0 Å². The van der Waals surface area contributed by atoms with E-state index in [9.17, 15) is 0 Å². The number of nitrogens with zero attached hydrogens (tertiary/aromatic N) is 6. The fourth-order valence-corrected chi connectivity index (χ4v) is 2.26. The van der Waals surface area contributed by atoms with E-state index in [4.69, 9.17) is 0 Å². The largest absolute Gasteiger partial charge is 0.239 e. The number of aromatic nitrogens is 6. The molecule has 2 heterocycles. The first kappa shape index (κ1) is 12.5. The third-order valence-electron chi connectivity index (χ3n) is 3.31. The van der Waals surface area contributed by atoms with Gasteiger partial charge in [0.25, 0.3) is 0 Å². The molecular formula is C16H12N6. The molecule has 2 aromatic carbocycles. The Hall–Kier alpha value is -3.28. The number of rotatable bonds is 3. The van der Waals surface area contributed by atoms with Crippen molar-refractivity contribution in [2.75, 3.05) is 0 Å². The molecule has 0 atom stereocenters. The molecular weight excluding hydrogens is 276 g/mol. The summed E-state index contributed by atoms with van der Waals surface area (Å²) in [5.74, 6) is 1.34. The molecule has 0 aliphatic heterocycles. The zero-order chi connectivity index (χ0) is 14.8. The van der Waals surface area contributed by atoms with Crippen LogP contribution in [0.4, 0.5) is 0 Å². The molecule has 4 aromatic rings. The normalized spacial score (nSPS) is 10.7. The summed E-state index contributed by atoms with van der Waals surface area (Å²) in [4.78, 5) is 0. The van der Waals surface area contributed by atoms with Gasteiger partial charge >= 0.3 is 0 Å². The summed E-state index contributed by atoms with van der Waals surface area (Å²) in [6.45, 7) is 0. The van der Waals surface area contributed by atoms with Crippen LogP contribution in [0.5, 0.6) is 0 Å². The van der Waals surface area contributed by atoms with E-state index in [-0.39, 0.29) is 0 Å². The second-order valence-electron chi connectivity index (χ2n) is 4.73. The van der Waals surface area contributed by atoms with Crippen LogP contribution in [0.15, 0.2) is 72.9 Å². The van der Waals surface area contributed by atoms with Crippen molar-refractivity contribution in [3.8, 4) is 22.9 Å². The minimum absolute atomic E-state index is 0.666. The van der Waals surface area contributed by atoms with Crippen LogP contribution in [0.3, 0.4) is 0 Å². The molecule has 22 heavy (non-hydrogen) atoms. The zero-order valence-electron chi connectivity index (χ0n) is 11.6. The van der Waals surface area contributed by atoms with Crippen LogP contribution in [-0.4, -0.2) is 30.0 Å². The number of hydrogen-bond donors (Lipinski definition) is 0. The molecule has 0 radical (unpaired) electrons. The second kappa shape index (κ2) is 5.25. The fourth-order valence-electron chi connectivity index (χ4n) is 2.26. The van der Waals surface area contributed by atoms with E-state index in [0.717, 1.165) is 11.3 Å². The van der Waals surface area contributed by atoms with Gasteiger partial charge in [0.15, 0.2) is 11.6 Å². The quantitative estimate of drug-likeness (QED) is 0.581. The number of benzene rings is 2. The molecule has 0 aliphatic rings. The van der Waals surface area contributed by atoms with Gasteiger partial charge in [-0.25, -0.2) is 4.68 Å². The summed E-state index contributed by atoms with van der Waals surface area (Å²) in [7, 11) is 0. The van der Waals surface area contributed by atoms with Crippen molar-refractivity contribution in [3.05, 3.63) is 72.9 Å². The van der Waals surface area contributed by atoms with Gasteiger partial charge in [-0.05, 0) is 22.6 Å². The Morgan fingerprint density at radius 1 is 0.773 bits per heavy atom. The van der Waals surface area contributed by atoms with Gasteiger partial charge in [-0.3, -0.25) is 0 Å². The van der Waals surface area contributed by atoms with Gasteiger partial charge in [0.1, 0.15) is 0 Å². The Bertz CT molecular complexity index is 879. The maximum Gasteiger partial charge on any atom is 0.188 e. The Balaban J connectivity index is 1.76. The first-order valence-electron chi connectivity index (χ1n) is 6.87. The van der Waals surface area contributed by atoms with Crippen molar-refractivity contribution < 1.29 is 0 Å². The Morgan fingerprint density at radius 2 is 1.50 bits per heavy atom. The average Bonchev–Trinajstić information content (AvgIpc) is 3.25. The third kappa shape index (κ3) is 2.16. The predicted octanol–water partition coefficient (Wildman–Crippen LogP) is 2.52. The highest BCUT2D eigenvalue weighted by molar-refractivity contribution is 5.56. The highest BCUT2D eigenvalue weighted by Crippen LogP contribution is 2.18. The van der Waals surface area contributed by atoms with Crippen LogP contribution in [0.2, 0.25) is 0 Å². The summed E-state index contributed by atoms with van der Waals surface area (Å²) in [5, 5.41) is 16.5. The molecule has 6 heteroatoms. The average molecular weight is 288 g/mol. The highest BCUT2D eigenvalue weighted by Gasteiger charge is 2.12. The molecule has 0 aliphatic carbocycles. The van der Waals surface area contributed by atoms with Gasteiger partial charge in [-0.1, -0.05) is 48.5 Å². The van der Waals surface area contributed by atoms with Gasteiger partial charge in [-0.2, -0.15) is 4.68 Å². The molecule has 0 saturated heterocycles. The molecule has 0 N–H and O–H groups in total. The van der Waals surface area contributed by atoms with Crippen LogP contribution >= 0.6 is 0 Å². The van der Waals surface area contributed by atoms with Gasteiger partial charge in [-0.15, -0.1) is 10.2 Å². The minimum Gasteiger partial charge on any atom is -0.239 e. The lowest BCUT2D eigenvalue weighted by Gasteiger charge is -2.02. The molecule has 6 nitrogen and oxygen atoms in total. The molecule has 0 fully saturated rings. The Labute approximate surface area is 126 Å². The van der Waals surface area contributed by atoms with Crippen LogP contribution < -0.4 is 0 Å². The molecule has 106 valence electrons. The number of tetrazole rings is 1. The molecule has 0 spiro atoms. The molecule has 4 rings (SSSR count). The van der Waals surface area contributed by atoms with Crippen molar-refractivity contribution >= 4 is 0 Å². The summed E-state index contributed by atoms with van der Waals surface area (Å²) in [6.07, 6.45) is 1.89. The Morgan fingerprint density at radius 3 is 2.27 bits per heavy atom. The van der Waals surface area contributed by atoms with Crippen LogP contribution in [-0.2, 0) is 0 Å². The van der Waals surface area contributed by atoms with Crippen molar-refractivity contribution in [3.63, 3.8) is 0 Å². The zero-order valence-corrected chi connectivity index (χ0v) is 11.6. The van der Waals surface area contributed by atoms with Gasteiger partial charge in [0.05, 0.1) is 5.69 Å². The minimum atomic E-state index is 0.666. The van der Waals surface area contributed by atoms with E-state index in [0.29, 0.717) is 11.6 Å². The smallest absolute Gasteiger partial charge is 0.188 e. The van der Waals surface area contributed by atoms with E-state index in [2.05, 4.69) is 20.6 Å². The highest BCUT2D eigenvalue weighted by atomic mass is 15.6. The van der Waals surface area contributed by atoms with Crippen molar-refractivity contribution in [2.45, 2.75) is 0 Å². The maximum atomic E-state index is 4.55. The summed E-state index contributed by atoms with van der Waals surface area (Å²) < 4.78 is 3.43. The molecule has 0 unspecified atom stereocenters. The lowest BCUT2D eigenvalue weighted by atomic mass is 10.2. The first-order chi connectivity index (χ1) is 10.9. The van der Waals surface area contributed by atoms with Crippen molar-refractivity contribution in [1.82, 2.24) is 30.0 Å². The SMILES string of the molecule is c1ccc(-c2nnnn2-c2ccn(-c3ccccc3)n2)cc1. The number of para-hydroxylation sites is 1. The van der Waals surface area contributed by atoms with Gasteiger partial charge in [0.2, 0.25) is 0 Å². The topological polar surface area (TPSA) is 61.4 Å². The lowest BCUT2D eigenvalue weighted by molar-refractivity contribution is 0.751. The monoisotopic (exact) mass is 288 g/mol. The van der Waals surface area contributed by atoms with Crippen LogP contribution in [0, 0.1) is 0 Å². The molecule has 0 amide bonds. The summed E-state index contributed by atoms with van der Waals surface area (Å²) >= 11 is 0. The van der Waals surface area contributed by atoms with E-state index in [1.807, 2.05) is 72.9 Å². The first-order valence-corrected chi connectivity index (χ1v) is 6.87. The number of hydrogen-bond acceptors (Lipinski definition) is 4. The van der Waals surface area contributed by atoms with E-state index in [1.54, 1.807) is 9.36 Å². The third-order valence-corrected chi connectivity index (χ3v) is 3.31. The summed E-state index contributed by atoms with van der Waals surface area (Å²) in [5.41, 5.74) is 1.94. The van der Waals surface area contributed by atoms with E-state index < -0.39 is 0 Å². The molecule has 0 saturated carbocycles. The van der Waals surface area contributed by atoms with Crippen LogP contribution in [0.25, 0.3) is 22.9 Å². The van der Waals surface area contributed by atoms with Gasteiger partial charge in [0, 0.05) is 17.8 Å². The molecule has 0 bridgehead atoms. The second-order valence-corrected chi connectivity index (χ2v) is 4.73. The Kier molecular flexibility index (Phi) is 2.97. The summed E-state index contributed by atoms with van der Waals surface area (Å²) in [6, 6.07) is 21.6.